The molecule has 0 saturated heterocycles. The summed E-state index contributed by atoms with van der Waals surface area (Å²) in [6, 6.07) is 10.7. The lowest BCUT2D eigenvalue weighted by molar-refractivity contribution is -0.153. The van der Waals surface area contributed by atoms with Crippen molar-refractivity contribution in [2.75, 3.05) is 20.8 Å². The molecule has 0 aliphatic carbocycles. The number of aryl methyl sites for hydroxylation is 1. The maximum atomic E-state index is 13.5. The summed E-state index contributed by atoms with van der Waals surface area (Å²) in [4.78, 5) is 39.6. The van der Waals surface area contributed by atoms with Crippen molar-refractivity contribution in [3.05, 3.63) is 59.2 Å². The zero-order valence-electron chi connectivity index (χ0n) is 22.5. The first kappa shape index (κ1) is 29.9. The van der Waals surface area contributed by atoms with Crippen LogP contribution in [0.3, 0.4) is 0 Å². The molecule has 202 valence electrons. The van der Waals surface area contributed by atoms with Crippen LogP contribution in [0.1, 0.15) is 38.4 Å². The number of carboxylic acid groups (broad SMARTS) is 1. The highest BCUT2D eigenvalue weighted by atomic mass is 35.5. The van der Waals surface area contributed by atoms with E-state index in [1.165, 1.54) is 19.1 Å². The fourth-order valence-electron chi connectivity index (χ4n) is 4.45. The highest BCUT2D eigenvalue weighted by molar-refractivity contribution is 5.88. The number of hydrogen-bond acceptors (Lipinski definition) is 7. The van der Waals surface area contributed by atoms with Crippen molar-refractivity contribution in [1.29, 1.82) is 0 Å². The first-order valence-electron chi connectivity index (χ1n) is 12.0. The largest absolute Gasteiger partial charge is 1.00 e. The minimum Gasteiger partial charge on any atom is -1.00 e. The topological polar surface area (TPSA) is 114 Å². The Morgan fingerprint density at radius 3 is 2.30 bits per heavy atom. The van der Waals surface area contributed by atoms with E-state index < -0.39 is 36.0 Å². The number of benzene rings is 2. The molecule has 3 atom stereocenters. The van der Waals surface area contributed by atoms with Gasteiger partial charge in [-0.3, -0.25) is 14.9 Å². The summed E-state index contributed by atoms with van der Waals surface area (Å²) in [5.74, 6) is -0.930. The van der Waals surface area contributed by atoms with Gasteiger partial charge in [-0.1, -0.05) is 30.3 Å². The summed E-state index contributed by atoms with van der Waals surface area (Å²) in [6.07, 6.45) is 1.19. The van der Waals surface area contributed by atoms with Crippen LogP contribution in [0.5, 0.6) is 11.5 Å². The van der Waals surface area contributed by atoms with Gasteiger partial charge < -0.3 is 36.6 Å². The van der Waals surface area contributed by atoms with Crippen LogP contribution in [0.4, 0.5) is 0 Å². The second kappa shape index (κ2) is 13.9. The van der Waals surface area contributed by atoms with Gasteiger partial charge in [0.25, 0.3) is 0 Å². The fraction of sp³-hybridized carbons (Fsp3) is 0.444. The number of nitrogens with zero attached hydrogens (tertiary/aromatic N) is 1. The number of aliphatic carboxylic acids is 1. The van der Waals surface area contributed by atoms with Crippen molar-refractivity contribution in [3.63, 3.8) is 0 Å². The molecule has 1 amide bonds. The summed E-state index contributed by atoms with van der Waals surface area (Å²) < 4.78 is 15.9. The summed E-state index contributed by atoms with van der Waals surface area (Å²) in [5.41, 5.74) is 2.64. The van der Waals surface area contributed by atoms with Crippen molar-refractivity contribution in [2.24, 2.45) is 0 Å². The summed E-state index contributed by atoms with van der Waals surface area (Å²) >= 11 is 0. The molecule has 0 spiro atoms. The fourth-order valence-corrected chi connectivity index (χ4v) is 4.45. The standard InChI is InChI=1S/C27H34N2O7.ClH/c1-5-36-27(33)21(12-11-18-9-7-6-8-10-18)28-17(2)25(30)29-16-20-15-24(35-4)23(34-3)14-19(20)13-22(29)26(31)32;/h6-10,14-15,17,21-22,28H,5,11-13,16H2,1-4H3,(H,31,32);1H/t17-,21-,22-;/m1./s1. The average molecular weight is 535 g/mol. The molecule has 3 rings (SSSR count). The Morgan fingerprint density at radius 1 is 1.11 bits per heavy atom. The van der Waals surface area contributed by atoms with Crippen molar-refractivity contribution in [3.8, 4) is 11.5 Å². The molecule has 1 aliphatic rings. The van der Waals surface area contributed by atoms with E-state index in [4.69, 9.17) is 14.2 Å². The minimum absolute atomic E-state index is 0. The molecular formula is C27H35ClN2O7. The molecule has 0 fully saturated rings. The monoisotopic (exact) mass is 534 g/mol. The number of amides is 1. The van der Waals surface area contributed by atoms with Gasteiger partial charge in [0.2, 0.25) is 5.91 Å². The van der Waals surface area contributed by atoms with Crippen LogP contribution in [0, 0.1) is 0 Å². The summed E-state index contributed by atoms with van der Waals surface area (Å²) in [7, 11) is 3.04. The van der Waals surface area contributed by atoms with E-state index in [1.807, 2.05) is 30.3 Å². The molecule has 0 bridgehead atoms. The third kappa shape index (κ3) is 7.36. The van der Waals surface area contributed by atoms with Gasteiger partial charge in [-0.2, -0.15) is 0 Å². The predicted molar refractivity (Wildman–Crippen MR) is 134 cm³/mol. The zero-order chi connectivity index (χ0) is 26.2. The van der Waals surface area contributed by atoms with Crippen molar-refractivity contribution < 1.29 is 47.5 Å². The van der Waals surface area contributed by atoms with Crippen LogP contribution < -0.4 is 27.2 Å². The van der Waals surface area contributed by atoms with Crippen molar-refractivity contribution in [1.82, 2.24) is 10.2 Å². The van der Waals surface area contributed by atoms with Gasteiger partial charge in [0, 0.05) is 13.0 Å². The molecule has 1 heterocycles. The van der Waals surface area contributed by atoms with Gasteiger partial charge in [0.1, 0.15) is 12.1 Å². The number of carbonyl (C=O) groups is 3. The van der Waals surface area contributed by atoms with Gasteiger partial charge >= 0.3 is 13.4 Å². The van der Waals surface area contributed by atoms with E-state index in [2.05, 4.69) is 5.32 Å². The second-order valence-electron chi connectivity index (χ2n) is 8.72. The van der Waals surface area contributed by atoms with E-state index in [9.17, 15) is 19.5 Å². The normalized spacial score (nSPS) is 16.0. The first-order valence-corrected chi connectivity index (χ1v) is 12.0. The smallest absolute Gasteiger partial charge is 1.00 e. The predicted octanol–water partition coefficient (Wildman–Crippen LogP) is -0.299. The number of esters is 1. The lowest BCUT2D eigenvalue weighted by atomic mass is 9.92. The number of methoxy groups -OCH3 is 2. The molecule has 0 saturated carbocycles. The third-order valence-corrected chi connectivity index (χ3v) is 6.36. The van der Waals surface area contributed by atoms with Gasteiger partial charge in [0.05, 0.1) is 26.9 Å². The molecule has 2 N–H and O–H groups in total. The number of fused-ring (bicyclic) bond motifs is 1. The molecule has 0 aromatic heterocycles. The van der Waals surface area contributed by atoms with Gasteiger partial charge in [-0.05, 0) is 55.5 Å². The Balaban J connectivity index is 0.00000361. The number of hydrogen-bond donors (Lipinski definition) is 2. The highest BCUT2D eigenvalue weighted by Crippen LogP contribution is 2.35. The molecule has 1 aliphatic heterocycles. The van der Waals surface area contributed by atoms with Gasteiger partial charge in [-0.15, -0.1) is 0 Å². The van der Waals surface area contributed by atoms with Gasteiger partial charge in [-0.25, -0.2) is 4.79 Å². The molecule has 2 aromatic rings. The molecule has 0 unspecified atom stereocenters. The van der Waals surface area contributed by atoms with Crippen LogP contribution in [-0.4, -0.2) is 66.8 Å². The molecule has 9 nitrogen and oxygen atoms in total. The SMILES string of the molecule is CCOC(=O)[C@@H](CCc1ccccc1)N[C@H](C)C(=O)N1Cc2cc(OC)c(OC)cc2C[C@@H]1C(=O)O.[Cl-].[H+]. The first-order chi connectivity index (χ1) is 17.3. The number of nitrogens with one attached hydrogen (secondary N) is 1. The Bertz CT molecular complexity index is 1090. The lowest BCUT2D eigenvalue weighted by Crippen LogP contribution is -3.00. The lowest BCUT2D eigenvalue weighted by Gasteiger charge is -2.37. The second-order valence-corrected chi connectivity index (χ2v) is 8.72. The quantitative estimate of drug-likeness (QED) is 0.378. The van der Waals surface area contributed by atoms with Crippen LogP contribution >= 0.6 is 0 Å². The number of carbonyl (C=O) groups excluding carboxylic acids is 2. The van der Waals surface area contributed by atoms with Crippen LogP contribution in [0.15, 0.2) is 42.5 Å². The molecule has 0 radical (unpaired) electrons. The van der Waals surface area contributed by atoms with E-state index in [0.717, 1.165) is 16.7 Å². The van der Waals surface area contributed by atoms with Crippen LogP contribution in [-0.2, 0) is 38.5 Å². The Morgan fingerprint density at radius 2 is 1.73 bits per heavy atom. The number of halogens is 1. The van der Waals surface area contributed by atoms with Gasteiger partial charge in [0.15, 0.2) is 11.5 Å². The van der Waals surface area contributed by atoms with E-state index in [0.29, 0.717) is 24.3 Å². The highest BCUT2D eigenvalue weighted by Gasteiger charge is 2.38. The Hall–Kier alpha value is -3.30. The van der Waals surface area contributed by atoms with Crippen molar-refractivity contribution in [2.45, 2.75) is 57.8 Å². The van der Waals surface area contributed by atoms with E-state index in [1.54, 1.807) is 26.0 Å². The van der Waals surface area contributed by atoms with Crippen LogP contribution in [0.2, 0.25) is 0 Å². The maximum absolute atomic E-state index is 13.5. The summed E-state index contributed by atoms with van der Waals surface area (Å²) in [5, 5.41) is 13.0. The average Bonchev–Trinajstić information content (AvgIpc) is 2.89. The van der Waals surface area contributed by atoms with E-state index >= 15 is 0 Å². The third-order valence-electron chi connectivity index (χ3n) is 6.36. The molecular weight excluding hydrogens is 500 g/mol. The molecule has 10 heteroatoms. The minimum atomic E-state index is -1.10. The number of rotatable bonds is 11. The summed E-state index contributed by atoms with van der Waals surface area (Å²) in [6.45, 7) is 3.69. The van der Waals surface area contributed by atoms with E-state index in [-0.39, 0.29) is 33.4 Å². The Labute approximate surface area is 225 Å². The Kier molecular flexibility index (Phi) is 11.2. The number of ether oxygens (including phenoxy) is 3. The van der Waals surface area contributed by atoms with Crippen molar-refractivity contribution >= 4 is 17.8 Å². The number of carboxylic acids is 1. The molecule has 37 heavy (non-hydrogen) atoms. The maximum Gasteiger partial charge on any atom is 1.00 e. The molecule has 2 aromatic carbocycles. The van der Waals surface area contributed by atoms with Crippen LogP contribution in [0.25, 0.3) is 0 Å². The zero-order valence-corrected chi connectivity index (χ0v) is 22.3.